The molecule has 6 heteroatoms. The number of rotatable bonds is 3. The van der Waals surface area contributed by atoms with E-state index in [1.165, 1.54) is 19.3 Å². The molecule has 0 aliphatic heterocycles. The first-order valence-corrected chi connectivity index (χ1v) is 8.81. The van der Waals surface area contributed by atoms with Crippen LogP contribution in [0, 0.1) is 6.92 Å². The van der Waals surface area contributed by atoms with Crippen LogP contribution in [0.5, 0.6) is 5.75 Å². The van der Waals surface area contributed by atoms with Crippen LogP contribution in [-0.2, 0) is 0 Å². The summed E-state index contributed by atoms with van der Waals surface area (Å²) in [5.74, 6) is 2.38. The standard InChI is InChI=1S/C19H22N4O2/c1-12-17-21-16(14-10-6-7-11-15(14)25-2)22-19(24)23(17)18(20-12)13-8-4-3-5-9-13/h6-7,10-11,13H,3-5,8-9H2,1-2H3,(H,21,22,24). The Morgan fingerprint density at radius 2 is 1.92 bits per heavy atom. The summed E-state index contributed by atoms with van der Waals surface area (Å²) in [6, 6.07) is 7.54. The molecule has 1 saturated carbocycles. The van der Waals surface area contributed by atoms with Crippen LogP contribution in [0.2, 0.25) is 0 Å². The molecule has 0 spiro atoms. The number of nitrogens with zero attached hydrogens (tertiary/aromatic N) is 3. The fraction of sp³-hybridized carbons (Fsp3) is 0.421. The van der Waals surface area contributed by atoms with Gasteiger partial charge in [0.25, 0.3) is 0 Å². The molecule has 1 aliphatic carbocycles. The largest absolute Gasteiger partial charge is 0.496 e. The summed E-state index contributed by atoms with van der Waals surface area (Å²) in [5.41, 5.74) is 2.00. The Labute approximate surface area is 145 Å². The Kier molecular flexibility index (Phi) is 4.03. The van der Waals surface area contributed by atoms with Crippen LogP contribution in [-0.4, -0.2) is 26.5 Å². The topological polar surface area (TPSA) is 72.3 Å². The van der Waals surface area contributed by atoms with Crippen LogP contribution in [0.1, 0.15) is 49.5 Å². The average Bonchev–Trinajstić information content (AvgIpc) is 3.00. The van der Waals surface area contributed by atoms with Gasteiger partial charge in [0.1, 0.15) is 17.4 Å². The molecule has 0 atom stereocenters. The van der Waals surface area contributed by atoms with Gasteiger partial charge in [0.05, 0.1) is 18.4 Å². The molecule has 4 rings (SSSR count). The Hall–Kier alpha value is -2.63. The monoisotopic (exact) mass is 338 g/mol. The lowest BCUT2D eigenvalue weighted by Crippen LogP contribution is -2.22. The molecule has 0 unspecified atom stereocenters. The Morgan fingerprint density at radius 1 is 1.16 bits per heavy atom. The van der Waals surface area contributed by atoms with Gasteiger partial charge in [-0.2, -0.15) is 0 Å². The number of aromatic amines is 1. The van der Waals surface area contributed by atoms with Crippen molar-refractivity contribution >= 4 is 5.65 Å². The minimum Gasteiger partial charge on any atom is -0.496 e. The van der Waals surface area contributed by atoms with Crippen molar-refractivity contribution in [1.82, 2.24) is 19.4 Å². The smallest absolute Gasteiger partial charge is 0.334 e. The lowest BCUT2D eigenvalue weighted by Gasteiger charge is -2.20. The van der Waals surface area contributed by atoms with Gasteiger partial charge in [-0.1, -0.05) is 31.4 Å². The van der Waals surface area contributed by atoms with Crippen molar-refractivity contribution in [2.45, 2.75) is 44.9 Å². The van der Waals surface area contributed by atoms with Crippen molar-refractivity contribution in [3.05, 3.63) is 46.3 Å². The summed E-state index contributed by atoms with van der Waals surface area (Å²) in [5, 5.41) is 0. The maximum absolute atomic E-state index is 12.8. The first kappa shape index (κ1) is 15.9. The van der Waals surface area contributed by atoms with Gasteiger partial charge < -0.3 is 4.74 Å². The summed E-state index contributed by atoms with van der Waals surface area (Å²) in [7, 11) is 1.61. The number of benzene rings is 1. The number of H-pyrrole nitrogens is 1. The number of hydrogen-bond donors (Lipinski definition) is 1. The molecule has 6 nitrogen and oxygen atoms in total. The van der Waals surface area contributed by atoms with E-state index in [-0.39, 0.29) is 5.69 Å². The maximum atomic E-state index is 12.8. The number of fused-ring (bicyclic) bond motifs is 1. The molecule has 1 aromatic carbocycles. The van der Waals surface area contributed by atoms with E-state index in [1.807, 2.05) is 31.2 Å². The highest BCUT2D eigenvalue weighted by Gasteiger charge is 2.24. The number of methoxy groups -OCH3 is 1. The van der Waals surface area contributed by atoms with Crippen LogP contribution in [0.25, 0.3) is 17.0 Å². The van der Waals surface area contributed by atoms with Gasteiger partial charge in [-0.05, 0) is 31.9 Å². The SMILES string of the molecule is COc1ccccc1-c1nc2c(C)nc(C3CCCCC3)n2c(=O)[nH]1. The highest BCUT2D eigenvalue weighted by atomic mass is 16.5. The van der Waals surface area contributed by atoms with Crippen LogP contribution < -0.4 is 10.4 Å². The molecule has 0 saturated heterocycles. The fourth-order valence-corrected chi connectivity index (χ4v) is 3.77. The third kappa shape index (κ3) is 2.71. The van der Waals surface area contributed by atoms with Crippen molar-refractivity contribution in [2.24, 2.45) is 0 Å². The molecule has 2 aromatic heterocycles. The Balaban J connectivity index is 1.89. The molecule has 1 fully saturated rings. The summed E-state index contributed by atoms with van der Waals surface area (Å²) < 4.78 is 7.05. The van der Waals surface area contributed by atoms with Gasteiger partial charge in [0.15, 0.2) is 5.65 Å². The van der Waals surface area contributed by atoms with E-state index in [9.17, 15) is 4.79 Å². The Bertz CT molecular complexity index is 967. The molecule has 0 radical (unpaired) electrons. The summed E-state index contributed by atoms with van der Waals surface area (Å²) in [6.07, 6.45) is 5.84. The van der Waals surface area contributed by atoms with Gasteiger partial charge in [-0.15, -0.1) is 0 Å². The zero-order chi connectivity index (χ0) is 17.4. The number of imidazole rings is 1. The molecule has 3 aromatic rings. The molecule has 0 amide bonds. The zero-order valence-electron chi connectivity index (χ0n) is 14.6. The number of nitrogens with one attached hydrogen (secondary N) is 1. The highest BCUT2D eigenvalue weighted by molar-refractivity contribution is 5.65. The third-order valence-corrected chi connectivity index (χ3v) is 5.03. The van der Waals surface area contributed by atoms with Gasteiger partial charge in [0.2, 0.25) is 0 Å². The summed E-state index contributed by atoms with van der Waals surface area (Å²) in [4.78, 5) is 25.1. The van der Waals surface area contributed by atoms with Crippen molar-refractivity contribution < 1.29 is 4.74 Å². The van der Waals surface area contributed by atoms with E-state index in [1.54, 1.807) is 11.5 Å². The van der Waals surface area contributed by atoms with Crippen molar-refractivity contribution in [3.8, 4) is 17.1 Å². The maximum Gasteiger partial charge on any atom is 0.334 e. The lowest BCUT2D eigenvalue weighted by molar-refractivity contribution is 0.416. The molecule has 130 valence electrons. The lowest BCUT2D eigenvalue weighted by atomic mass is 9.89. The molecular formula is C19H22N4O2. The fourth-order valence-electron chi connectivity index (χ4n) is 3.77. The van der Waals surface area contributed by atoms with E-state index in [2.05, 4.69) is 4.98 Å². The van der Waals surface area contributed by atoms with Gasteiger partial charge in [-0.25, -0.2) is 19.2 Å². The highest BCUT2D eigenvalue weighted by Crippen LogP contribution is 2.33. The van der Waals surface area contributed by atoms with Gasteiger partial charge in [-0.3, -0.25) is 4.98 Å². The first-order chi connectivity index (χ1) is 12.2. The molecule has 2 heterocycles. The summed E-state index contributed by atoms with van der Waals surface area (Å²) in [6.45, 7) is 1.92. The van der Waals surface area contributed by atoms with Crippen molar-refractivity contribution in [3.63, 3.8) is 0 Å². The normalized spacial score (nSPS) is 15.6. The van der Waals surface area contributed by atoms with Crippen molar-refractivity contribution in [2.75, 3.05) is 7.11 Å². The second-order valence-electron chi connectivity index (χ2n) is 6.64. The quantitative estimate of drug-likeness (QED) is 0.794. The second kappa shape index (κ2) is 6.35. The predicted molar refractivity (Wildman–Crippen MR) is 96.2 cm³/mol. The third-order valence-electron chi connectivity index (χ3n) is 5.03. The zero-order valence-corrected chi connectivity index (χ0v) is 14.6. The number of aryl methyl sites for hydroxylation is 1. The van der Waals surface area contributed by atoms with E-state index in [0.29, 0.717) is 23.1 Å². The minimum absolute atomic E-state index is 0.188. The molecule has 0 bridgehead atoms. The molecule has 1 N–H and O–H groups in total. The molecular weight excluding hydrogens is 316 g/mol. The second-order valence-corrected chi connectivity index (χ2v) is 6.64. The number of hydrogen-bond acceptors (Lipinski definition) is 4. The van der Waals surface area contributed by atoms with Crippen LogP contribution in [0.15, 0.2) is 29.1 Å². The van der Waals surface area contributed by atoms with Crippen LogP contribution >= 0.6 is 0 Å². The molecule has 1 aliphatic rings. The first-order valence-electron chi connectivity index (χ1n) is 8.81. The Morgan fingerprint density at radius 3 is 2.68 bits per heavy atom. The summed E-state index contributed by atoms with van der Waals surface area (Å²) >= 11 is 0. The van der Waals surface area contributed by atoms with E-state index in [4.69, 9.17) is 14.7 Å². The molecule has 25 heavy (non-hydrogen) atoms. The minimum atomic E-state index is -0.188. The van der Waals surface area contributed by atoms with E-state index in [0.717, 1.165) is 29.9 Å². The van der Waals surface area contributed by atoms with Crippen LogP contribution in [0.3, 0.4) is 0 Å². The van der Waals surface area contributed by atoms with E-state index < -0.39 is 0 Å². The van der Waals surface area contributed by atoms with Crippen molar-refractivity contribution in [1.29, 1.82) is 0 Å². The van der Waals surface area contributed by atoms with Crippen LogP contribution in [0.4, 0.5) is 0 Å². The predicted octanol–water partition coefficient (Wildman–Crippen LogP) is 3.45. The average molecular weight is 338 g/mol. The van der Waals surface area contributed by atoms with E-state index >= 15 is 0 Å². The number of ether oxygens (including phenoxy) is 1. The number of aromatic nitrogens is 4. The number of para-hydroxylation sites is 1. The van der Waals surface area contributed by atoms with Gasteiger partial charge >= 0.3 is 5.69 Å². The van der Waals surface area contributed by atoms with Gasteiger partial charge in [0, 0.05) is 5.92 Å².